The summed E-state index contributed by atoms with van der Waals surface area (Å²) in [6, 6.07) is 9.57. The van der Waals surface area contributed by atoms with Crippen molar-refractivity contribution in [3.63, 3.8) is 0 Å². The Balaban J connectivity index is 1.44. The van der Waals surface area contributed by atoms with Gasteiger partial charge in [-0.05, 0) is 86.2 Å². The van der Waals surface area contributed by atoms with E-state index in [-0.39, 0.29) is 0 Å². The molecule has 1 aromatic rings. The third kappa shape index (κ3) is 5.48. The maximum absolute atomic E-state index is 2.62. The fourth-order valence-electron chi connectivity index (χ4n) is 5.31. The molecule has 26 heavy (non-hydrogen) atoms. The predicted octanol–water partition coefficient (Wildman–Crippen LogP) is 8.08. The Bertz CT molecular complexity index is 530. The van der Waals surface area contributed by atoms with Gasteiger partial charge in [0.1, 0.15) is 0 Å². The standard InChI is InChI=1S/C26H40/c1-3-5-6-8-22-11-15-24(16-12-22)26-19-17-25(18-20-26)23-13-9-21(7-4-2)10-14-23/h9-11,13-15,22,24-26H,3-8,12,16-20H2,1-2H3. The monoisotopic (exact) mass is 352 g/mol. The second-order valence-electron chi connectivity index (χ2n) is 8.99. The first-order valence-corrected chi connectivity index (χ1v) is 11.6. The van der Waals surface area contributed by atoms with Crippen molar-refractivity contribution in [3.8, 4) is 0 Å². The molecule has 0 aromatic heterocycles. The topological polar surface area (TPSA) is 0 Å². The molecule has 0 heterocycles. The lowest BCUT2D eigenvalue weighted by Crippen LogP contribution is -2.22. The van der Waals surface area contributed by atoms with Crippen LogP contribution >= 0.6 is 0 Å². The van der Waals surface area contributed by atoms with Crippen molar-refractivity contribution in [2.75, 3.05) is 0 Å². The first-order valence-electron chi connectivity index (χ1n) is 11.6. The summed E-state index contributed by atoms with van der Waals surface area (Å²) in [7, 11) is 0. The number of rotatable bonds is 8. The van der Waals surface area contributed by atoms with E-state index in [0.717, 1.165) is 23.7 Å². The van der Waals surface area contributed by atoms with Crippen LogP contribution in [-0.2, 0) is 6.42 Å². The molecule has 2 aliphatic carbocycles. The summed E-state index contributed by atoms with van der Waals surface area (Å²) in [5, 5.41) is 0. The smallest absolute Gasteiger partial charge is 0.0162 e. The molecule has 2 aliphatic rings. The van der Waals surface area contributed by atoms with E-state index in [9.17, 15) is 0 Å². The highest BCUT2D eigenvalue weighted by atomic mass is 14.3. The Kier molecular flexibility index (Phi) is 7.84. The molecule has 0 heteroatoms. The highest BCUT2D eigenvalue weighted by Gasteiger charge is 2.28. The Morgan fingerprint density at radius 2 is 1.54 bits per heavy atom. The van der Waals surface area contributed by atoms with E-state index in [0.29, 0.717) is 0 Å². The molecule has 0 amide bonds. The molecule has 1 saturated carbocycles. The van der Waals surface area contributed by atoms with Crippen molar-refractivity contribution in [2.45, 2.75) is 96.8 Å². The minimum absolute atomic E-state index is 0.816. The summed E-state index contributed by atoms with van der Waals surface area (Å²) in [5.74, 6) is 3.54. The number of benzene rings is 1. The zero-order valence-corrected chi connectivity index (χ0v) is 17.3. The molecule has 0 saturated heterocycles. The van der Waals surface area contributed by atoms with E-state index in [4.69, 9.17) is 0 Å². The quantitative estimate of drug-likeness (QED) is 0.327. The minimum Gasteiger partial charge on any atom is -0.0851 e. The van der Waals surface area contributed by atoms with Crippen LogP contribution in [0.1, 0.15) is 102 Å². The lowest BCUT2D eigenvalue weighted by Gasteiger charge is -2.35. The Hall–Kier alpha value is -1.04. The van der Waals surface area contributed by atoms with Crippen LogP contribution in [0, 0.1) is 17.8 Å². The van der Waals surface area contributed by atoms with Gasteiger partial charge in [-0.1, -0.05) is 75.9 Å². The maximum atomic E-state index is 2.62. The van der Waals surface area contributed by atoms with E-state index < -0.39 is 0 Å². The van der Waals surface area contributed by atoms with Crippen LogP contribution in [-0.4, -0.2) is 0 Å². The average Bonchev–Trinajstić information content (AvgIpc) is 2.70. The third-order valence-electron chi connectivity index (χ3n) is 7.05. The van der Waals surface area contributed by atoms with Gasteiger partial charge in [0.25, 0.3) is 0 Å². The number of hydrogen-bond donors (Lipinski definition) is 0. The van der Waals surface area contributed by atoms with Gasteiger partial charge < -0.3 is 0 Å². The molecule has 0 bridgehead atoms. The van der Waals surface area contributed by atoms with Crippen LogP contribution in [0.25, 0.3) is 0 Å². The summed E-state index contributed by atoms with van der Waals surface area (Å²) in [6.07, 6.45) is 21.9. The van der Waals surface area contributed by atoms with Crippen LogP contribution in [0.3, 0.4) is 0 Å². The van der Waals surface area contributed by atoms with Gasteiger partial charge in [-0.2, -0.15) is 0 Å². The molecule has 2 unspecified atom stereocenters. The SMILES string of the molecule is CCCCCC1C=CC(C2CCC(c3ccc(CCC)cc3)CC2)CC1. The summed E-state index contributed by atoms with van der Waals surface area (Å²) in [6.45, 7) is 4.57. The number of aryl methyl sites for hydroxylation is 1. The van der Waals surface area contributed by atoms with E-state index in [2.05, 4.69) is 50.3 Å². The Labute approximate surface area is 162 Å². The number of hydrogen-bond acceptors (Lipinski definition) is 0. The lowest BCUT2D eigenvalue weighted by atomic mass is 9.70. The Morgan fingerprint density at radius 1 is 0.769 bits per heavy atom. The van der Waals surface area contributed by atoms with Crippen molar-refractivity contribution < 1.29 is 0 Å². The lowest BCUT2D eigenvalue weighted by molar-refractivity contribution is 0.239. The van der Waals surface area contributed by atoms with Gasteiger partial charge in [-0.25, -0.2) is 0 Å². The zero-order chi connectivity index (χ0) is 18.2. The fraction of sp³-hybridized carbons (Fsp3) is 0.692. The molecule has 0 nitrogen and oxygen atoms in total. The molecule has 2 atom stereocenters. The van der Waals surface area contributed by atoms with Crippen molar-refractivity contribution in [1.82, 2.24) is 0 Å². The summed E-state index contributed by atoms with van der Waals surface area (Å²) in [5.41, 5.74) is 3.10. The second-order valence-corrected chi connectivity index (χ2v) is 8.99. The van der Waals surface area contributed by atoms with Gasteiger partial charge in [-0.3, -0.25) is 0 Å². The molecule has 1 aromatic carbocycles. The molecular weight excluding hydrogens is 312 g/mol. The maximum Gasteiger partial charge on any atom is -0.0162 e. The largest absolute Gasteiger partial charge is 0.0851 e. The van der Waals surface area contributed by atoms with Crippen LogP contribution in [0.2, 0.25) is 0 Å². The number of allylic oxidation sites excluding steroid dienone is 2. The van der Waals surface area contributed by atoms with Crippen LogP contribution < -0.4 is 0 Å². The molecule has 0 aliphatic heterocycles. The van der Waals surface area contributed by atoms with Gasteiger partial charge in [-0.15, -0.1) is 0 Å². The molecule has 3 rings (SSSR count). The average molecular weight is 353 g/mol. The van der Waals surface area contributed by atoms with Crippen LogP contribution in [0.5, 0.6) is 0 Å². The predicted molar refractivity (Wildman–Crippen MR) is 115 cm³/mol. The molecule has 144 valence electrons. The minimum atomic E-state index is 0.816. The van der Waals surface area contributed by atoms with E-state index in [1.807, 2.05) is 0 Å². The summed E-state index contributed by atoms with van der Waals surface area (Å²) >= 11 is 0. The number of unbranched alkanes of at least 4 members (excludes halogenated alkanes) is 2. The van der Waals surface area contributed by atoms with Crippen molar-refractivity contribution in [2.24, 2.45) is 17.8 Å². The van der Waals surface area contributed by atoms with Crippen molar-refractivity contribution in [1.29, 1.82) is 0 Å². The van der Waals surface area contributed by atoms with Crippen LogP contribution in [0.15, 0.2) is 36.4 Å². The summed E-state index contributed by atoms with van der Waals surface area (Å²) < 4.78 is 0. The highest BCUT2D eigenvalue weighted by molar-refractivity contribution is 5.26. The van der Waals surface area contributed by atoms with Gasteiger partial charge >= 0.3 is 0 Å². The first-order chi connectivity index (χ1) is 12.8. The third-order valence-corrected chi connectivity index (χ3v) is 7.05. The molecule has 0 N–H and O–H groups in total. The first kappa shape index (κ1) is 19.7. The fourth-order valence-corrected chi connectivity index (χ4v) is 5.31. The van der Waals surface area contributed by atoms with Crippen molar-refractivity contribution in [3.05, 3.63) is 47.5 Å². The van der Waals surface area contributed by atoms with E-state index in [1.165, 1.54) is 82.6 Å². The van der Waals surface area contributed by atoms with Crippen molar-refractivity contribution >= 4 is 0 Å². The van der Waals surface area contributed by atoms with Gasteiger partial charge in [0.2, 0.25) is 0 Å². The highest BCUT2D eigenvalue weighted by Crippen LogP contribution is 2.42. The van der Waals surface area contributed by atoms with Gasteiger partial charge in [0.15, 0.2) is 0 Å². The second kappa shape index (κ2) is 10.3. The molecule has 0 spiro atoms. The zero-order valence-electron chi connectivity index (χ0n) is 17.3. The van der Waals surface area contributed by atoms with E-state index in [1.54, 1.807) is 5.56 Å². The van der Waals surface area contributed by atoms with Gasteiger partial charge in [0.05, 0.1) is 0 Å². The normalized spacial score (nSPS) is 29.0. The van der Waals surface area contributed by atoms with Crippen LogP contribution in [0.4, 0.5) is 0 Å². The van der Waals surface area contributed by atoms with E-state index >= 15 is 0 Å². The summed E-state index contributed by atoms with van der Waals surface area (Å²) in [4.78, 5) is 0. The molecule has 0 radical (unpaired) electrons. The Morgan fingerprint density at radius 3 is 2.15 bits per heavy atom. The van der Waals surface area contributed by atoms with Gasteiger partial charge in [0, 0.05) is 0 Å². The molecular formula is C26H40. The molecule has 1 fully saturated rings.